The highest BCUT2D eigenvalue weighted by Gasteiger charge is 2.14. The number of pyridine rings is 1. The number of hydrogen-bond donors (Lipinski definition) is 1. The first-order chi connectivity index (χ1) is 10.1. The van der Waals surface area contributed by atoms with Gasteiger partial charge in [-0.15, -0.1) is 0 Å². The standard InChI is InChI=1S/C16H20N2O3/c1-3-20-16(19)13(17)9-10-21-14-6-4-5-12-8-7-11(2)18-15(12)14/h4-8,13H,3,9-10,17H2,1-2H3. The zero-order valence-corrected chi connectivity index (χ0v) is 12.3. The van der Waals surface area contributed by atoms with Crippen molar-refractivity contribution in [2.24, 2.45) is 5.73 Å². The molecule has 1 heterocycles. The summed E-state index contributed by atoms with van der Waals surface area (Å²) in [5.41, 5.74) is 7.49. The zero-order valence-electron chi connectivity index (χ0n) is 12.3. The lowest BCUT2D eigenvalue weighted by Gasteiger charge is -2.12. The second-order valence-corrected chi connectivity index (χ2v) is 4.78. The molecule has 1 aromatic heterocycles. The van der Waals surface area contributed by atoms with E-state index in [2.05, 4.69) is 4.98 Å². The average Bonchev–Trinajstić information content (AvgIpc) is 2.47. The molecule has 2 aromatic rings. The molecule has 0 bridgehead atoms. The van der Waals surface area contributed by atoms with Crippen LogP contribution in [0.2, 0.25) is 0 Å². The Bertz CT molecular complexity index is 628. The molecule has 0 saturated heterocycles. The van der Waals surface area contributed by atoms with Gasteiger partial charge in [-0.2, -0.15) is 0 Å². The number of rotatable bonds is 6. The van der Waals surface area contributed by atoms with E-state index < -0.39 is 12.0 Å². The summed E-state index contributed by atoms with van der Waals surface area (Å²) in [5.74, 6) is 0.306. The number of aryl methyl sites for hydroxylation is 1. The van der Waals surface area contributed by atoms with E-state index in [1.807, 2.05) is 37.3 Å². The van der Waals surface area contributed by atoms with Gasteiger partial charge in [0.2, 0.25) is 0 Å². The molecule has 0 fully saturated rings. The maximum Gasteiger partial charge on any atom is 0.323 e. The van der Waals surface area contributed by atoms with E-state index >= 15 is 0 Å². The molecule has 0 aliphatic heterocycles. The lowest BCUT2D eigenvalue weighted by Crippen LogP contribution is -2.33. The van der Waals surface area contributed by atoms with Crippen LogP contribution in [0.5, 0.6) is 5.75 Å². The van der Waals surface area contributed by atoms with E-state index in [-0.39, 0.29) is 0 Å². The predicted molar refractivity (Wildman–Crippen MR) is 81.2 cm³/mol. The molecule has 0 radical (unpaired) electrons. The number of carbonyl (C=O) groups excluding carboxylic acids is 1. The number of para-hydroxylation sites is 1. The Balaban J connectivity index is 2.01. The fourth-order valence-electron chi connectivity index (χ4n) is 2.00. The molecular formula is C16H20N2O3. The smallest absolute Gasteiger partial charge is 0.323 e. The first kappa shape index (κ1) is 15.3. The van der Waals surface area contributed by atoms with Crippen LogP contribution in [0.15, 0.2) is 30.3 Å². The van der Waals surface area contributed by atoms with E-state index in [0.717, 1.165) is 16.6 Å². The Morgan fingerprint density at radius 3 is 2.90 bits per heavy atom. The quantitative estimate of drug-likeness (QED) is 0.825. The summed E-state index contributed by atoms with van der Waals surface area (Å²) in [7, 11) is 0. The largest absolute Gasteiger partial charge is 0.491 e. The van der Waals surface area contributed by atoms with Crippen LogP contribution >= 0.6 is 0 Å². The van der Waals surface area contributed by atoms with Crippen LogP contribution in [-0.4, -0.2) is 30.2 Å². The highest BCUT2D eigenvalue weighted by molar-refractivity contribution is 5.84. The van der Waals surface area contributed by atoms with Crippen molar-refractivity contribution < 1.29 is 14.3 Å². The summed E-state index contributed by atoms with van der Waals surface area (Å²) in [6.45, 7) is 4.37. The van der Waals surface area contributed by atoms with E-state index in [1.165, 1.54) is 0 Å². The third-order valence-corrected chi connectivity index (χ3v) is 3.10. The second-order valence-electron chi connectivity index (χ2n) is 4.78. The molecule has 1 atom stereocenters. The van der Waals surface area contributed by atoms with Gasteiger partial charge in [-0.25, -0.2) is 4.98 Å². The summed E-state index contributed by atoms with van der Waals surface area (Å²) < 4.78 is 10.6. The Labute approximate surface area is 124 Å². The van der Waals surface area contributed by atoms with Crippen molar-refractivity contribution in [1.82, 2.24) is 4.98 Å². The number of benzene rings is 1. The predicted octanol–water partition coefficient (Wildman–Crippen LogP) is 2.20. The number of nitrogens with two attached hydrogens (primary N) is 1. The molecule has 1 aromatic carbocycles. The van der Waals surface area contributed by atoms with Gasteiger partial charge in [0.05, 0.1) is 13.2 Å². The molecule has 5 heteroatoms. The van der Waals surface area contributed by atoms with Gasteiger partial charge < -0.3 is 15.2 Å². The number of hydrogen-bond acceptors (Lipinski definition) is 5. The van der Waals surface area contributed by atoms with Crippen LogP contribution in [0.4, 0.5) is 0 Å². The number of fused-ring (bicyclic) bond motifs is 1. The van der Waals surface area contributed by atoms with Crippen LogP contribution in [0.1, 0.15) is 19.0 Å². The van der Waals surface area contributed by atoms with Gasteiger partial charge in [-0.1, -0.05) is 18.2 Å². The SMILES string of the molecule is CCOC(=O)C(N)CCOc1cccc2ccc(C)nc12. The Hall–Kier alpha value is -2.14. The first-order valence-electron chi connectivity index (χ1n) is 7.03. The van der Waals surface area contributed by atoms with Crippen LogP contribution < -0.4 is 10.5 Å². The minimum absolute atomic E-state index is 0.333. The normalized spacial score (nSPS) is 12.1. The van der Waals surface area contributed by atoms with Gasteiger partial charge in [0.15, 0.2) is 0 Å². The summed E-state index contributed by atoms with van der Waals surface area (Å²) >= 11 is 0. The van der Waals surface area contributed by atoms with Crippen molar-refractivity contribution in [3.63, 3.8) is 0 Å². The van der Waals surface area contributed by atoms with Gasteiger partial charge in [0, 0.05) is 17.5 Å². The van der Waals surface area contributed by atoms with E-state index in [9.17, 15) is 4.79 Å². The van der Waals surface area contributed by atoms with Crippen LogP contribution in [0.25, 0.3) is 10.9 Å². The highest BCUT2D eigenvalue weighted by atomic mass is 16.5. The average molecular weight is 288 g/mol. The first-order valence-corrected chi connectivity index (χ1v) is 7.03. The zero-order chi connectivity index (χ0) is 15.2. The third kappa shape index (κ3) is 3.92. The number of carbonyl (C=O) groups is 1. The van der Waals surface area contributed by atoms with Crippen molar-refractivity contribution in [3.05, 3.63) is 36.0 Å². The Morgan fingerprint density at radius 2 is 2.14 bits per heavy atom. The number of nitrogens with zero attached hydrogens (tertiary/aromatic N) is 1. The van der Waals surface area contributed by atoms with Crippen molar-refractivity contribution in [2.75, 3.05) is 13.2 Å². The fourth-order valence-corrected chi connectivity index (χ4v) is 2.00. The van der Waals surface area contributed by atoms with Crippen LogP contribution in [-0.2, 0) is 9.53 Å². The Kier molecular flexibility index (Phi) is 5.11. The number of esters is 1. The van der Waals surface area contributed by atoms with E-state index in [4.69, 9.17) is 15.2 Å². The molecule has 112 valence electrons. The van der Waals surface area contributed by atoms with Gasteiger partial charge in [0.1, 0.15) is 17.3 Å². The minimum Gasteiger partial charge on any atom is -0.491 e. The number of aromatic nitrogens is 1. The number of ether oxygens (including phenoxy) is 2. The Morgan fingerprint density at radius 1 is 1.33 bits per heavy atom. The van der Waals surface area contributed by atoms with Crippen LogP contribution in [0, 0.1) is 6.92 Å². The van der Waals surface area contributed by atoms with Crippen molar-refractivity contribution >= 4 is 16.9 Å². The lowest BCUT2D eigenvalue weighted by atomic mass is 10.2. The third-order valence-electron chi connectivity index (χ3n) is 3.10. The maximum atomic E-state index is 11.4. The molecule has 0 aliphatic rings. The summed E-state index contributed by atoms with van der Waals surface area (Å²) in [6, 6.07) is 9.08. The minimum atomic E-state index is -0.658. The van der Waals surface area contributed by atoms with Gasteiger partial charge in [-0.3, -0.25) is 4.79 Å². The van der Waals surface area contributed by atoms with Crippen molar-refractivity contribution in [2.45, 2.75) is 26.3 Å². The lowest BCUT2D eigenvalue weighted by molar-refractivity contribution is -0.145. The highest BCUT2D eigenvalue weighted by Crippen LogP contribution is 2.24. The molecule has 0 spiro atoms. The van der Waals surface area contributed by atoms with Gasteiger partial charge in [0.25, 0.3) is 0 Å². The molecule has 0 saturated carbocycles. The maximum absolute atomic E-state index is 11.4. The summed E-state index contributed by atoms with van der Waals surface area (Å²) in [6.07, 6.45) is 0.404. The van der Waals surface area contributed by atoms with Crippen LogP contribution in [0.3, 0.4) is 0 Å². The van der Waals surface area contributed by atoms with Crippen molar-refractivity contribution in [3.8, 4) is 5.75 Å². The molecule has 2 N–H and O–H groups in total. The monoisotopic (exact) mass is 288 g/mol. The van der Waals surface area contributed by atoms with Gasteiger partial charge in [-0.05, 0) is 26.0 Å². The molecule has 1 unspecified atom stereocenters. The fraction of sp³-hybridized carbons (Fsp3) is 0.375. The molecule has 0 amide bonds. The molecule has 21 heavy (non-hydrogen) atoms. The topological polar surface area (TPSA) is 74.4 Å². The van der Waals surface area contributed by atoms with E-state index in [1.54, 1.807) is 6.92 Å². The summed E-state index contributed by atoms with van der Waals surface area (Å²) in [5, 5.41) is 1.02. The molecule has 2 rings (SSSR count). The second kappa shape index (κ2) is 7.04. The van der Waals surface area contributed by atoms with E-state index in [0.29, 0.717) is 25.4 Å². The molecular weight excluding hydrogens is 268 g/mol. The van der Waals surface area contributed by atoms with Gasteiger partial charge >= 0.3 is 5.97 Å². The molecule has 0 aliphatic carbocycles. The van der Waals surface area contributed by atoms with Crippen molar-refractivity contribution in [1.29, 1.82) is 0 Å². The summed E-state index contributed by atoms with van der Waals surface area (Å²) in [4.78, 5) is 15.9. The molecule has 5 nitrogen and oxygen atoms in total.